The van der Waals surface area contributed by atoms with E-state index in [2.05, 4.69) is 76.4 Å². The zero-order valence-corrected chi connectivity index (χ0v) is 13.7. The highest BCUT2D eigenvalue weighted by Crippen LogP contribution is 2.19. The van der Waals surface area contributed by atoms with E-state index in [9.17, 15) is 0 Å². The van der Waals surface area contributed by atoms with Crippen LogP contribution in [0.25, 0.3) is 0 Å². The highest BCUT2D eigenvalue weighted by Gasteiger charge is 2.20. The molecule has 0 spiro atoms. The molecule has 106 valence electrons. The molecule has 0 aliphatic carbocycles. The summed E-state index contributed by atoms with van der Waals surface area (Å²) >= 11 is 5.34. The fraction of sp³-hybridized carbons (Fsp3) is 0.562. The minimum absolute atomic E-state index is 0.188. The summed E-state index contributed by atoms with van der Waals surface area (Å²) in [6.45, 7) is 13.1. The van der Waals surface area contributed by atoms with E-state index in [1.165, 1.54) is 5.56 Å². The third kappa shape index (κ3) is 5.19. The lowest BCUT2D eigenvalue weighted by Gasteiger charge is -2.29. The summed E-state index contributed by atoms with van der Waals surface area (Å²) in [5, 5.41) is 7.24. The van der Waals surface area contributed by atoms with Gasteiger partial charge in [0, 0.05) is 11.7 Å². The largest absolute Gasteiger partial charge is 0.359 e. The summed E-state index contributed by atoms with van der Waals surface area (Å²) < 4.78 is 0. The van der Waals surface area contributed by atoms with Gasteiger partial charge in [-0.1, -0.05) is 46.8 Å². The van der Waals surface area contributed by atoms with Crippen molar-refractivity contribution in [3.8, 4) is 0 Å². The van der Waals surface area contributed by atoms with Crippen LogP contribution in [0, 0.1) is 5.41 Å². The second kappa shape index (κ2) is 6.38. The molecule has 1 unspecified atom stereocenters. The van der Waals surface area contributed by atoms with E-state index in [0.29, 0.717) is 17.1 Å². The van der Waals surface area contributed by atoms with Crippen LogP contribution in [-0.2, 0) is 0 Å². The van der Waals surface area contributed by atoms with E-state index in [-0.39, 0.29) is 5.41 Å². The molecule has 1 rings (SSSR count). The molecule has 2 nitrogen and oxygen atoms in total. The van der Waals surface area contributed by atoms with Gasteiger partial charge in [-0.25, -0.2) is 0 Å². The van der Waals surface area contributed by atoms with E-state index in [1.54, 1.807) is 0 Å². The summed E-state index contributed by atoms with van der Waals surface area (Å²) in [5.74, 6) is 0.556. The summed E-state index contributed by atoms with van der Waals surface area (Å²) in [5.41, 5.74) is 2.56. The molecule has 0 aromatic heterocycles. The van der Waals surface area contributed by atoms with Gasteiger partial charge in [0.05, 0.1) is 0 Å². The maximum Gasteiger partial charge on any atom is 0.171 e. The van der Waals surface area contributed by atoms with Crippen LogP contribution in [0.5, 0.6) is 0 Å². The van der Waals surface area contributed by atoms with Crippen LogP contribution in [0.1, 0.15) is 53.0 Å². The number of hydrogen-bond donors (Lipinski definition) is 2. The van der Waals surface area contributed by atoms with Crippen molar-refractivity contribution in [3.05, 3.63) is 29.8 Å². The topological polar surface area (TPSA) is 24.1 Å². The quantitative estimate of drug-likeness (QED) is 0.794. The maximum absolute atomic E-state index is 5.34. The molecule has 0 aliphatic heterocycles. The van der Waals surface area contributed by atoms with Crippen molar-refractivity contribution >= 4 is 23.0 Å². The molecule has 2 N–H and O–H groups in total. The van der Waals surface area contributed by atoms with E-state index in [1.807, 2.05) is 0 Å². The first kappa shape index (κ1) is 16.0. The summed E-state index contributed by atoms with van der Waals surface area (Å²) in [6.07, 6.45) is 0. The predicted molar refractivity (Wildman–Crippen MR) is 88.8 cm³/mol. The van der Waals surface area contributed by atoms with Crippen LogP contribution < -0.4 is 10.6 Å². The number of hydrogen-bond acceptors (Lipinski definition) is 1. The van der Waals surface area contributed by atoms with Crippen LogP contribution in [-0.4, -0.2) is 11.2 Å². The van der Waals surface area contributed by atoms with Gasteiger partial charge >= 0.3 is 0 Å². The molecule has 0 radical (unpaired) electrons. The molecule has 0 heterocycles. The summed E-state index contributed by atoms with van der Waals surface area (Å²) in [4.78, 5) is 0. The Bertz CT molecular complexity index is 415. The smallest absolute Gasteiger partial charge is 0.171 e. The average molecular weight is 278 g/mol. The van der Waals surface area contributed by atoms with Gasteiger partial charge in [-0.05, 0) is 48.2 Å². The Morgan fingerprint density at radius 3 is 2.00 bits per heavy atom. The standard InChI is InChI=1S/C16H26N2S/c1-11(2)13-7-9-14(10-8-13)18-15(19)17-12(3)16(4,5)6/h7-12H,1-6H3,(H2,17,18,19). The lowest BCUT2D eigenvalue weighted by atomic mass is 9.88. The van der Waals surface area contributed by atoms with Gasteiger partial charge in [0.25, 0.3) is 0 Å². The molecule has 1 aromatic rings. The van der Waals surface area contributed by atoms with E-state index in [0.717, 1.165) is 5.69 Å². The highest BCUT2D eigenvalue weighted by molar-refractivity contribution is 7.80. The Balaban J connectivity index is 2.58. The number of anilines is 1. The molecule has 0 aliphatic rings. The van der Waals surface area contributed by atoms with E-state index < -0.39 is 0 Å². The van der Waals surface area contributed by atoms with Crippen molar-refractivity contribution < 1.29 is 0 Å². The SMILES string of the molecule is CC(C)c1ccc(NC(=S)NC(C)C(C)(C)C)cc1. The number of rotatable bonds is 3. The maximum atomic E-state index is 5.34. The van der Waals surface area contributed by atoms with Crippen LogP contribution in [0.3, 0.4) is 0 Å². The van der Waals surface area contributed by atoms with Gasteiger partial charge in [-0.15, -0.1) is 0 Å². The molecule has 0 saturated heterocycles. The van der Waals surface area contributed by atoms with Gasteiger partial charge in [0.1, 0.15) is 0 Å². The molecular formula is C16H26N2S. The molecule has 3 heteroatoms. The van der Waals surface area contributed by atoms with Gasteiger partial charge in [-0.2, -0.15) is 0 Å². The van der Waals surface area contributed by atoms with Crippen molar-refractivity contribution in [2.75, 3.05) is 5.32 Å². The molecular weight excluding hydrogens is 252 g/mol. The van der Waals surface area contributed by atoms with Gasteiger partial charge in [0.15, 0.2) is 5.11 Å². The normalized spacial score (nSPS) is 13.2. The monoisotopic (exact) mass is 278 g/mol. The Morgan fingerprint density at radius 2 is 1.58 bits per heavy atom. The number of nitrogens with one attached hydrogen (secondary N) is 2. The lowest BCUT2D eigenvalue weighted by molar-refractivity contribution is 0.317. The highest BCUT2D eigenvalue weighted by atomic mass is 32.1. The van der Waals surface area contributed by atoms with Crippen molar-refractivity contribution in [3.63, 3.8) is 0 Å². The Kier molecular flexibility index (Phi) is 5.36. The van der Waals surface area contributed by atoms with Gasteiger partial charge in [0.2, 0.25) is 0 Å². The molecule has 0 fully saturated rings. The first-order valence-corrected chi connectivity index (χ1v) is 7.28. The fourth-order valence-electron chi connectivity index (χ4n) is 1.53. The Hall–Kier alpha value is -1.09. The van der Waals surface area contributed by atoms with Gasteiger partial charge < -0.3 is 10.6 Å². The second-order valence-corrected chi connectivity index (χ2v) is 6.87. The fourth-order valence-corrected chi connectivity index (χ4v) is 1.83. The summed E-state index contributed by atoms with van der Waals surface area (Å²) in [7, 11) is 0. The molecule has 0 saturated carbocycles. The average Bonchev–Trinajstić information content (AvgIpc) is 2.28. The number of benzene rings is 1. The first-order chi connectivity index (χ1) is 8.70. The van der Waals surface area contributed by atoms with Gasteiger partial charge in [-0.3, -0.25) is 0 Å². The third-order valence-electron chi connectivity index (χ3n) is 3.48. The zero-order chi connectivity index (χ0) is 14.6. The molecule has 1 atom stereocenters. The summed E-state index contributed by atoms with van der Waals surface area (Å²) in [6, 6.07) is 8.75. The molecule has 19 heavy (non-hydrogen) atoms. The van der Waals surface area contributed by atoms with Crippen LogP contribution in [0.4, 0.5) is 5.69 Å². The predicted octanol–water partition coefficient (Wildman–Crippen LogP) is 4.53. The minimum Gasteiger partial charge on any atom is -0.359 e. The number of thiocarbonyl (C=S) groups is 1. The molecule has 0 amide bonds. The van der Waals surface area contributed by atoms with Crippen molar-refractivity contribution in [2.24, 2.45) is 5.41 Å². The Labute approximate surface area is 123 Å². The zero-order valence-electron chi connectivity index (χ0n) is 12.9. The molecule has 1 aromatic carbocycles. The lowest BCUT2D eigenvalue weighted by Crippen LogP contribution is -2.43. The van der Waals surface area contributed by atoms with Crippen molar-refractivity contribution in [2.45, 2.75) is 53.5 Å². The van der Waals surface area contributed by atoms with Crippen molar-refractivity contribution in [1.29, 1.82) is 0 Å². The minimum atomic E-state index is 0.188. The third-order valence-corrected chi connectivity index (χ3v) is 3.70. The second-order valence-electron chi connectivity index (χ2n) is 6.46. The van der Waals surface area contributed by atoms with Crippen LogP contribution >= 0.6 is 12.2 Å². The van der Waals surface area contributed by atoms with Crippen molar-refractivity contribution in [1.82, 2.24) is 5.32 Å². The van der Waals surface area contributed by atoms with Crippen LogP contribution in [0.15, 0.2) is 24.3 Å². The first-order valence-electron chi connectivity index (χ1n) is 6.87. The molecule has 0 bridgehead atoms. The van der Waals surface area contributed by atoms with Crippen LogP contribution in [0.2, 0.25) is 0 Å². The van der Waals surface area contributed by atoms with E-state index in [4.69, 9.17) is 12.2 Å². The Morgan fingerprint density at radius 1 is 1.05 bits per heavy atom. The van der Waals surface area contributed by atoms with E-state index >= 15 is 0 Å².